The molecule has 1 aromatic carbocycles. The van der Waals surface area contributed by atoms with Crippen LogP contribution in [0, 0.1) is 23.5 Å². The number of para-hydroxylation sites is 1. The van der Waals surface area contributed by atoms with E-state index in [1.54, 1.807) is 6.92 Å². The molecule has 0 aromatic heterocycles. The van der Waals surface area contributed by atoms with Crippen LogP contribution in [0.5, 0.6) is 0 Å². The van der Waals surface area contributed by atoms with E-state index in [1.807, 2.05) is 0 Å². The van der Waals surface area contributed by atoms with Gasteiger partial charge in [0.15, 0.2) is 0 Å². The number of halogens is 2. The maximum atomic E-state index is 13.2. The molecule has 0 aliphatic rings. The van der Waals surface area contributed by atoms with Crippen molar-refractivity contribution in [2.45, 2.75) is 6.92 Å². The Balaban J connectivity index is 2.52. The van der Waals surface area contributed by atoms with Crippen molar-refractivity contribution >= 4 is 11.6 Å². The van der Waals surface area contributed by atoms with Crippen LogP contribution in [0.3, 0.4) is 0 Å². The Morgan fingerprint density at radius 2 is 2.00 bits per heavy atom. The normalized spacial score (nSPS) is 9.35. The van der Waals surface area contributed by atoms with Crippen molar-refractivity contribution in [2.75, 3.05) is 18.4 Å². The molecule has 0 bridgehead atoms. The van der Waals surface area contributed by atoms with Crippen molar-refractivity contribution in [3.8, 4) is 11.8 Å². The van der Waals surface area contributed by atoms with Crippen LogP contribution in [-0.4, -0.2) is 19.0 Å². The minimum Gasteiger partial charge on any atom is -0.320 e. The lowest BCUT2D eigenvalue weighted by Gasteiger charge is -2.07. The monoisotopic (exact) mass is 238 g/mol. The lowest BCUT2D eigenvalue weighted by Crippen LogP contribution is -2.28. The summed E-state index contributed by atoms with van der Waals surface area (Å²) in [5, 5.41) is 4.87. The topological polar surface area (TPSA) is 41.1 Å². The van der Waals surface area contributed by atoms with Crippen molar-refractivity contribution in [1.29, 1.82) is 0 Å². The van der Waals surface area contributed by atoms with Gasteiger partial charge in [-0.1, -0.05) is 12.0 Å². The van der Waals surface area contributed by atoms with Gasteiger partial charge in [0.2, 0.25) is 5.91 Å². The van der Waals surface area contributed by atoms with Gasteiger partial charge >= 0.3 is 0 Å². The molecular formula is C12H12F2N2O. The Morgan fingerprint density at radius 1 is 1.35 bits per heavy atom. The average molecular weight is 238 g/mol. The Kier molecular flexibility index (Phi) is 5.11. The smallest absolute Gasteiger partial charge is 0.238 e. The number of benzene rings is 1. The van der Waals surface area contributed by atoms with E-state index >= 15 is 0 Å². The van der Waals surface area contributed by atoms with E-state index in [0.29, 0.717) is 6.54 Å². The molecular weight excluding hydrogens is 226 g/mol. The summed E-state index contributed by atoms with van der Waals surface area (Å²) in [5.41, 5.74) is -0.430. The largest absolute Gasteiger partial charge is 0.320 e. The first-order valence-electron chi connectivity index (χ1n) is 4.99. The van der Waals surface area contributed by atoms with Crippen LogP contribution in [0.25, 0.3) is 0 Å². The van der Waals surface area contributed by atoms with Crippen LogP contribution in [0.1, 0.15) is 6.92 Å². The molecule has 0 saturated heterocycles. The standard InChI is InChI=1S/C12H12F2N2O/c1-2-3-7-15-8-11(17)16-12-9(13)5-4-6-10(12)14/h4-6,15H,7-8H2,1H3,(H,16,17). The molecule has 3 nitrogen and oxygen atoms in total. The van der Waals surface area contributed by atoms with Crippen molar-refractivity contribution in [3.05, 3.63) is 29.8 Å². The number of hydrogen-bond acceptors (Lipinski definition) is 2. The molecule has 0 aliphatic heterocycles. The summed E-state index contributed by atoms with van der Waals surface area (Å²) in [6, 6.07) is 3.39. The molecule has 0 unspecified atom stereocenters. The van der Waals surface area contributed by atoms with Crippen molar-refractivity contribution in [3.63, 3.8) is 0 Å². The zero-order valence-corrected chi connectivity index (χ0v) is 9.31. The molecule has 0 atom stereocenters. The zero-order valence-electron chi connectivity index (χ0n) is 9.31. The summed E-state index contributed by atoms with van der Waals surface area (Å²) in [5.74, 6) is 3.23. The highest BCUT2D eigenvalue weighted by Gasteiger charge is 2.10. The summed E-state index contributed by atoms with van der Waals surface area (Å²) in [7, 11) is 0. The Morgan fingerprint density at radius 3 is 2.59 bits per heavy atom. The SMILES string of the molecule is CC#CCNCC(=O)Nc1c(F)cccc1F. The van der Waals surface area contributed by atoms with Crippen LogP contribution < -0.4 is 10.6 Å². The van der Waals surface area contributed by atoms with Gasteiger partial charge < -0.3 is 5.32 Å². The van der Waals surface area contributed by atoms with Gasteiger partial charge in [-0.25, -0.2) is 8.78 Å². The van der Waals surface area contributed by atoms with E-state index in [0.717, 1.165) is 12.1 Å². The number of anilines is 1. The summed E-state index contributed by atoms with van der Waals surface area (Å²) in [6.45, 7) is 1.97. The van der Waals surface area contributed by atoms with E-state index in [2.05, 4.69) is 22.5 Å². The van der Waals surface area contributed by atoms with Gasteiger partial charge in [-0.15, -0.1) is 5.92 Å². The van der Waals surface area contributed by atoms with E-state index < -0.39 is 23.2 Å². The first-order valence-corrected chi connectivity index (χ1v) is 4.99. The number of nitrogens with one attached hydrogen (secondary N) is 2. The minimum absolute atomic E-state index is 0.0531. The third-order valence-electron chi connectivity index (χ3n) is 1.90. The number of rotatable bonds is 4. The van der Waals surface area contributed by atoms with Crippen molar-refractivity contribution < 1.29 is 13.6 Å². The number of carbonyl (C=O) groups excluding carboxylic acids is 1. The molecule has 0 aliphatic carbocycles. The third kappa shape index (κ3) is 4.21. The summed E-state index contributed by atoms with van der Waals surface area (Å²) >= 11 is 0. The molecule has 1 aromatic rings. The van der Waals surface area contributed by atoms with E-state index in [9.17, 15) is 13.6 Å². The highest BCUT2D eigenvalue weighted by Crippen LogP contribution is 2.17. The summed E-state index contributed by atoms with van der Waals surface area (Å²) in [6.07, 6.45) is 0. The molecule has 1 amide bonds. The van der Waals surface area contributed by atoms with E-state index in [1.165, 1.54) is 6.07 Å². The second kappa shape index (κ2) is 6.61. The molecule has 0 fully saturated rings. The third-order valence-corrected chi connectivity index (χ3v) is 1.90. The van der Waals surface area contributed by atoms with Crippen LogP contribution in [-0.2, 0) is 4.79 Å². The molecule has 90 valence electrons. The Hall–Kier alpha value is -1.93. The highest BCUT2D eigenvalue weighted by atomic mass is 19.1. The molecule has 0 heterocycles. The quantitative estimate of drug-likeness (QED) is 0.616. The lowest BCUT2D eigenvalue weighted by atomic mass is 10.3. The van der Waals surface area contributed by atoms with E-state index in [-0.39, 0.29) is 6.54 Å². The number of carbonyl (C=O) groups is 1. The first kappa shape index (κ1) is 13.1. The minimum atomic E-state index is -0.799. The molecule has 0 saturated carbocycles. The van der Waals surface area contributed by atoms with Crippen molar-refractivity contribution in [1.82, 2.24) is 5.32 Å². The summed E-state index contributed by atoms with van der Waals surface area (Å²) < 4.78 is 26.3. The fourth-order valence-electron chi connectivity index (χ4n) is 1.13. The average Bonchev–Trinajstić information content (AvgIpc) is 2.30. The van der Waals surface area contributed by atoms with Gasteiger partial charge in [0.25, 0.3) is 0 Å². The Labute approximate surface area is 98.2 Å². The van der Waals surface area contributed by atoms with Crippen LogP contribution >= 0.6 is 0 Å². The van der Waals surface area contributed by atoms with Gasteiger partial charge in [-0.2, -0.15) is 0 Å². The molecule has 0 radical (unpaired) electrons. The molecule has 2 N–H and O–H groups in total. The van der Waals surface area contributed by atoms with Gasteiger partial charge in [-0.3, -0.25) is 10.1 Å². The van der Waals surface area contributed by atoms with Crippen LogP contribution in [0.15, 0.2) is 18.2 Å². The fourth-order valence-corrected chi connectivity index (χ4v) is 1.13. The molecule has 17 heavy (non-hydrogen) atoms. The van der Waals surface area contributed by atoms with Gasteiger partial charge in [-0.05, 0) is 19.1 Å². The second-order valence-electron chi connectivity index (χ2n) is 3.18. The van der Waals surface area contributed by atoms with Gasteiger partial charge in [0, 0.05) is 0 Å². The van der Waals surface area contributed by atoms with Crippen LogP contribution in [0.4, 0.5) is 14.5 Å². The predicted octanol–water partition coefficient (Wildman–Crippen LogP) is 1.52. The number of hydrogen-bond donors (Lipinski definition) is 2. The van der Waals surface area contributed by atoms with Gasteiger partial charge in [0.05, 0.1) is 13.1 Å². The number of amides is 1. The van der Waals surface area contributed by atoms with Crippen molar-refractivity contribution in [2.24, 2.45) is 0 Å². The highest BCUT2D eigenvalue weighted by molar-refractivity contribution is 5.92. The first-order chi connectivity index (χ1) is 8.15. The maximum absolute atomic E-state index is 13.2. The maximum Gasteiger partial charge on any atom is 0.238 e. The Bertz CT molecular complexity index is 443. The van der Waals surface area contributed by atoms with Gasteiger partial charge in [0.1, 0.15) is 17.3 Å². The molecule has 0 spiro atoms. The second-order valence-corrected chi connectivity index (χ2v) is 3.18. The van der Waals surface area contributed by atoms with E-state index in [4.69, 9.17) is 0 Å². The fraction of sp³-hybridized carbons (Fsp3) is 0.250. The summed E-state index contributed by atoms with van der Waals surface area (Å²) in [4.78, 5) is 11.3. The zero-order chi connectivity index (χ0) is 12.7. The van der Waals surface area contributed by atoms with Crippen LogP contribution in [0.2, 0.25) is 0 Å². The molecule has 1 rings (SSSR count). The predicted molar refractivity (Wildman–Crippen MR) is 61.3 cm³/mol. The molecule has 5 heteroatoms. The lowest BCUT2D eigenvalue weighted by molar-refractivity contribution is -0.115.